The van der Waals surface area contributed by atoms with Crippen molar-refractivity contribution in [3.05, 3.63) is 34.9 Å². The zero-order valence-electron chi connectivity index (χ0n) is 8.21. The minimum Gasteiger partial charge on any atom is -0.381 e. The van der Waals surface area contributed by atoms with Gasteiger partial charge in [0.2, 0.25) is 0 Å². The summed E-state index contributed by atoms with van der Waals surface area (Å²) in [7, 11) is 0. The highest BCUT2D eigenvalue weighted by atomic mass is 35.5. The van der Waals surface area contributed by atoms with Crippen LogP contribution in [0.3, 0.4) is 0 Å². The van der Waals surface area contributed by atoms with Crippen LogP contribution >= 0.6 is 11.6 Å². The highest BCUT2D eigenvalue weighted by molar-refractivity contribution is 6.30. The fraction of sp³-hybridized carbons (Fsp3) is 0.500. The minimum absolute atomic E-state index is 0.780. The summed E-state index contributed by atoms with van der Waals surface area (Å²) < 4.78 is 5.34. The Morgan fingerprint density at radius 2 is 2.07 bits per heavy atom. The molecular formula is C12H15ClO. The van der Waals surface area contributed by atoms with Crippen LogP contribution in [0.5, 0.6) is 0 Å². The molecule has 0 saturated carbocycles. The van der Waals surface area contributed by atoms with E-state index in [0.29, 0.717) is 0 Å². The maximum absolute atomic E-state index is 5.94. The van der Waals surface area contributed by atoms with Crippen molar-refractivity contribution in [2.24, 2.45) is 5.92 Å². The number of ether oxygens (including phenoxy) is 1. The Hall–Kier alpha value is -0.530. The van der Waals surface area contributed by atoms with Gasteiger partial charge in [-0.15, -0.1) is 0 Å². The molecule has 1 heterocycles. The number of halogens is 1. The van der Waals surface area contributed by atoms with E-state index in [1.165, 1.54) is 18.4 Å². The molecular weight excluding hydrogens is 196 g/mol. The predicted octanol–water partition coefficient (Wildman–Crippen LogP) is 3.31. The highest BCUT2D eigenvalue weighted by Gasteiger charge is 2.13. The first-order valence-corrected chi connectivity index (χ1v) is 5.54. The molecule has 0 bridgehead atoms. The van der Waals surface area contributed by atoms with Gasteiger partial charge in [0.15, 0.2) is 0 Å². The van der Waals surface area contributed by atoms with E-state index >= 15 is 0 Å². The van der Waals surface area contributed by atoms with Crippen molar-refractivity contribution in [2.45, 2.75) is 19.3 Å². The second kappa shape index (κ2) is 4.81. The Morgan fingerprint density at radius 3 is 2.79 bits per heavy atom. The van der Waals surface area contributed by atoms with Gasteiger partial charge in [0.1, 0.15) is 0 Å². The molecule has 0 unspecified atom stereocenters. The van der Waals surface area contributed by atoms with Gasteiger partial charge >= 0.3 is 0 Å². The summed E-state index contributed by atoms with van der Waals surface area (Å²) >= 11 is 5.94. The third kappa shape index (κ3) is 2.73. The van der Waals surface area contributed by atoms with Crippen molar-refractivity contribution >= 4 is 11.6 Å². The summed E-state index contributed by atoms with van der Waals surface area (Å²) in [4.78, 5) is 0. The van der Waals surface area contributed by atoms with Gasteiger partial charge in [-0.3, -0.25) is 0 Å². The van der Waals surface area contributed by atoms with Crippen LogP contribution in [0.15, 0.2) is 24.3 Å². The van der Waals surface area contributed by atoms with E-state index in [2.05, 4.69) is 12.1 Å². The fourth-order valence-electron chi connectivity index (χ4n) is 1.95. The van der Waals surface area contributed by atoms with Crippen LogP contribution in [0.1, 0.15) is 18.4 Å². The normalized spacial score (nSPS) is 18.4. The van der Waals surface area contributed by atoms with E-state index < -0.39 is 0 Å². The summed E-state index contributed by atoms with van der Waals surface area (Å²) in [6, 6.07) is 8.17. The van der Waals surface area contributed by atoms with Gasteiger partial charge in [-0.25, -0.2) is 0 Å². The topological polar surface area (TPSA) is 9.23 Å². The average Bonchev–Trinajstić information content (AvgIpc) is 2.19. The monoisotopic (exact) mass is 210 g/mol. The maximum atomic E-state index is 5.94. The van der Waals surface area contributed by atoms with Gasteiger partial charge < -0.3 is 4.74 Å². The largest absolute Gasteiger partial charge is 0.381 e. The lowest BCUT2D eigenvalue weighted by Crippen LogP contribution is -2.17. The molecule has 1 aliphatic rings. The number of hydrogen-bond acceptors (Lipinski definition) is 1. The van der Waals surface area contributed by atoms with E-state index in [1.54, 1.807) is 0 Å². The molecule has 0 atom stereocenters. The first-order valence-electron chi connectivity index (χ1n) is 5.17. The van der Waals surface area contributed by atoms with Crippen LogP contribution in [0.4, 0.5) is 0 Å². The third-order valence-corrected chi connectivity index (χ3v) is 2.99. The summed E-state index contributed by atoms with van der Waals surface area (Å²) in [6.07, 6.45) is 3.52. The molecule has 0 amide bonds. The molecule has 0 aromatic heterocycles. The second-order valence-electron chi connectivity index (χ2n) is 3.89. The Labute approximate surface area is 90.0 Å². The predicted molar refractivity (Wildman–Crippen MR) is 58.7 cm³/mol. The first-order chi connectivity index (χ1) is 6.84. The molecule has 2 rings (SSSR count). The van der Waals surface area contributed by atoms with E-state index in [9.17, 15) is 0 Å². The van der Waals surface area contributed by atoms with E-state index in [1.807, 2.05) is 12.1 Å². The molecule has 0 radical (unpaired) electrons. The number of rotatable bonds is 2. The maximum Gasteiger partial charge on any atom is 0.0468 e. The van der Waals surface area contributed by atoms with Crippen LogP contribution in [0.25, 0.3) is 0 Å². The van der Waals surface area contributed by atoms with Gasteiger partial charge in [0.25, 0.3) is 0 Å². The number of benzene rings is 1. The molecule has 0 aliphatic carbocycles. The average molecular weight is 211 g/mol. The fourth-order valence-corrected chi connectivity index (χ4v) is 2.16. The second-order valence-corrected chi connectivity index (χ2v) is 4.33. The summed E-state index contributed by atoms with van der Waals surface area (Å²) in [5, 5.41) is 0.842. The Morgan fingerprint density at radius 1 is 1.29 bits per heavy atom. The van der Waals surface area contributed by atoms with Crippen molar-refractivity contribution in [3.8, 4) is 0 Å². The van der Waals surface area contributed by atoms with Crippen LogP contribution in [0.2, 0.25) is 5.02 Å². The summed E-state index contributed by atoms with van der Waals surface area (Å²) in [5.74, 6) is 0.780. The van der Waals surface area contributed by atoms with E-state index in [0.717, 1.165) is 30.6 Å². The van der Waals surface area contributed by atoms with E-state index in [4.69, 9.17) is 16.3 Å². The first kappa shape index (κ1) is 10.0. The quantitative estimate of drug-likeness (QED) is 0.728. The zero-order chi connectivity index (χ0) is 9.80. The van der Waals surface area contributed by atoms with Crippen molar-refractivity contribution in [1.29, 1.82) is 0 Å². The number of hydrogen-bond donors (Lipinski definition) is 0. The molecule has 76 valence electrons. The van der Waals surface area contributed by atoms with Gasteiger partial charge in [0.05, 0.1) is 0 Å². The molecule has 0 N–H and O–H groups in total. The summed E-state index contributed by atoms with van der Waals surface area (Å²) in [5.41, 5.74) is 1.35. The molecule has 1 aromatic carbocycles. The minimum atomic E-state index is 0.780. The molecule has 1 nitrogen and oxygen atoms in total. The molecule has 14 heavy (non-hydrogen) atoms. The Balaban J connectivity index is 1.95. The van der Waals surface area contributed by atoms with Crippen molar-refractivity contribution in [2.75, 3.05) is 13.2 Å². The lowest BCUT2D eigenvalue weighted by Gasteiger charge is -2.21. The van der Waals surface area contributed by atoms with Crippen LogP contribution in [-0.2, 0) is 11.2 Å². The Bertz CT molecular complexity index is 292. The van der Waals surface area contributed by atoms with Crippen molar-refractivity contribution in [1.82, 2.24) is 0 Å². The highest BCUT2D eigenvalue weighted by Crippen LogP contribution is 2.21. The third-order valence-electron chi connectivity index (χ3n) is 2.75. The van der Waals surface area contributed by atoms with Gasteiger partial charge in [-0.05, 0) is 42.9 Å². The molecule has 1 saturated heterocycles. The molecule has 1 aromatic rings. The van der Waals surface area contributed by atoms with Crippen LogP contribution in [0, 0.1) is 5.92 Å². The molecule has 2 heteroatoms. The molecule has 0 spiro atoms. The van der Waals surface area contributed by atoms with Gasteiger partial charge in [0, 0.05) is 18.2 Å². The van der Waals surface area contributed by atoms with Crippen molar-refractivity contribution in [3.63, 3.8) is 0 Å². The van der Waals surface area contributed by atoms with Crippen LogP contribution < -0.4 is 0 Å². The molecule has 1 fully saturated rings. The zero-order valence-corrected chi connectivity index (χ0v) is 8.96. The van der Waals surface area contributed by atoms with Gasteiger partial charge in [-0.2, -0.15) is 0 Å². The lowest BCUT2D eigenvalue weighted by molar-refractivity contribution is 0.0665. The van der Waals surface area contributed by atoms with Crippen LogP contribution in [-0.4, -0.2) is 13.2 Å². The Kier molecular flexibility index (Phi) is 3.44. The van der Waals surface area contributed by atoms with Gasteiger partial charge in [-0.1, -0.05) is 23.7 Å². The lowest BCUT2D eigenvalue weighted by atomic mass is 9.92. The van der Waals surface area contributed by atoms with Crippen molar-refractivity contribution < 1.29 is 4.74 Å². The standard InChI is InChI=1S/C12H15ClO/c13-12-3-1-2-11(9-12)8-10-4-6-14-7-5-10/h1-3,9-10H,4-8H2. The SMILES string of the molecule is Clc1cccc(CC2CCOCC2)c1. The smallest absolute Gasteiger partial charge is 0.0468 e. The molecule has 1 aliphatic heterocycles. The van der Waals surface area contributed by atoms with E-state index in [-0.39, 0.29) is 0 Å². The summed E-state index contributed by atoms with van der Waals surface area (Å²) in [6.45, 7) is 1.84.